The van der Waals surface area contributed by atoms with Crippen LogP contribution in [0.2, 0.25) is 0 Å². The second-order valence-corrected chi connectivity index (χ2v) is 5.59. The number of nitrogens with one attached hydrogen (secondary N) is 1. The first-order chi connectivity index (χ1) is 9.75. The molecule has 1 heterocycles. The van der Waals surface area contributed by atoms with Gasteiger partial charge in [0.1, 0.15) is 5.75 Å². The summed E-state index contributed by atoms with van der Waals surface area (Å²) in [5.41, 5.74) is 5.15. The topological polar surface area (TPSA) is 21.3 Å². The molecule has 0 atom stereocenters. The highest BCUT2D eigenvalue weighted by Gasteiger charge is 2.18. The zero-order chi connectivity index (χ0) is 13.9. The van der Waals surface area contributed by atoms with E-state index in [9.17, 15) is 0 Å². The Bertz CT molecular complexity index is 604. The van der Waals surface area contributed by atoms with Gasteiger partial charge in [-0.05, 0) is 16.7 Å². The third-order valence-corrected chi connectivity index (χ3v) is 3.72. The number of ether oxygens (including phenoxy) is 1. The van der Waals surface area contributed by atoms with E-state index in [2.05, 4.69) is 61.6 Å². The molecule has 0 unspecified atom stereocenters. The van der Waals surface area contributed by atoms with Crippen LogP contribution in [0, 0.1) is 0 Å². The van der Waals surface area contributed by atoms with Gasteiger partial charge in [-0.25, -0.2) is 0 Å². The number of benzene rings is 2. The predicted octanol–water partition coefficient (Wildman–Crippen LogP) is 3.79. The lowest BCUT2D eigenvalue weighted by molar-refractivity contribution is 0.358. The van der Waals surface area contributed by atoms with E-state index < -0.39 is 0 Å². The molecule has 0 radical (unpaired) electrons. The molecule has 2 aromatic carbocycles. The van der Waals surface area contributed by atoms with E-state index in [1.54, 1.807) is 0 Å². The third kappa shape index (κ3) is 2.56. The zero-order valence-electron chi connectivity index (χ0n) is 12.1. The van der Waals surface area contributed by atoms with E-state index in [0.29, 0.717) is 6.04 Å². The molecular weight excluding hydrogens is 246 g/mol. The normalized spacial score (nSPS) is 13.3. The van der Waals surface area contributed by atoms with Crippen molar-refractivity contribution in [3.63, 3.8) is 0 Å². The molecule has 20 heavy (non-hydrogen) atoms. The van der Waals surface area contributed by atoms with Gasteiger partial charge < -0.3 is 10.1 Å². The Morgan fingerprint density at radius 1 is 1.05 bits per heavy atom. The highest BCUT2D eigenvalue weighted by Crippen LogP contribution is 2.38. The molecule has 0 amide bonds. The van der Waals surface area contributed by atoms with E-state index in [1.165, 1.54) is 22.3 Å². The third-order valence-electron chi connectivity index (χ3n) is 3.72. The van der Waals surface area contributed by atoms with Crippen LogP contribution in [0.1, 0.15) is 25.0 Å². The van der Waals surface area contributed by atoms with Gasteiger partial charge in [-0.15, -0.1) is 0 Å². The smallest absolute Gasteiger partial charge is 0.130 e. The highest BCUT2D eigenvalue weighted by atomic mass is 16.5. The molecule has 104 valence electrons. The first-order valence-corrected chi connectivity index (χ1v) is 7.32. The van der Waals surface area contributed by atoms with Crippen LogP contribution in [0.5, 0.6) is 5.75 Å². The Morgan fingerprint density at radius 2 is 1.85 bits per heavy atom. The maximum atomic E-state index is 5.84. The lowest BCUT2D eigenvalue weighted by atomic mass is 9.96. The number of hydrogen-bond donors (Lipinski definition) is 1. The van der Waals surface area contributed by atoms with Crippen LogP contribution in [-0.4, -0.2) is 12.6 Å². The van der Waals surface area contributed by atoms with Crippen molar-refractivity contribution in [3.05, 3.63) is 53.6 Å². The predicted molar refractivity (Wildman–Crippen MR) is 83.1 cm³/mol. The lowest BCUT2D eigenvalue weighted by Gasteiger charge is -2.15. The molecule has 0 saturated heterocycles. The summed E-state index contributed by atoms with van der Waals surface area (Å²) in [6.07, 6.45) is 1.02. The first-order valence-electron chi connectivity index (χ1n) is 7.32. The second kappa shape index (κ2) is 5.68. The highest BCUT2D eigenvalue weighted by molar-refractivity contribution is 5.75. The molecule has 0 spiro atoms. The zero-order valence-corrected chi connectivity index (χ0v) is 12.1. The average Bonchev–Trinajstić information content (AvgIpc) is 2.93. The molecule has 1 aliphatic heterocycles. The lowest BCUT2D eigenvalue weighted by Crippen LogP contribution is -2.22. The van der Waals surface area contributed by atoms with E-state index in [-0.39, 0.29) is 0 Å². The van der Waals surface area contributed by atoms with Gasteiger partial charge in [0.15, 0.2) is 0 Å². The van der Waals surface area contributed by atoms with Gasteiger partial charge in [0.25, 0.3) is 0 Å². The van der Waals surface area contributed by atoms with E-state index in [4.69, 9.17) is 4.74 Å². The van der Waals surface area contributed by atoms with Crippen molar-refractivity contribution >= 4 is 0 Å². The van der Waals surface area contributed by atoms with Gasteiger partial charge in [-0.1, -0.05) is 56.3 Å². The SMILES string of the molecule is CC(C)NCc1ccccc1-c1cccc2c1OCC2. The van der Waals surface area contributed by atoms with Crippen LogP contribution in [0.25, 0.3) is 11.1 Å². The summed E-state index contributed by atoms with van der Waals surface area (Å²) in [6.45, 7) is 6.04. The molecule has 2 heteroatoms. The van der Waals surface area contributed by atoms with Crippen LogP contribution >= 0.6 is 0 Å². The van der Waals surface area contributed by atoms with Crippen molar-refractivity contribution in [2.45, 2.75) is 32.9 Å². The summed E-state index contributed by atoms with van der Waals surface area (Å²) in [5.74, 6) is 1.07. The number of rotatable bonds is 4. The fourth-order valence-corrected chi connectivity index (χ4v) is 2.68. The Morgan fingerprint density at radius 3 is 2.70 bits per heavy atom. The fraction of sp³-hybridized carbons (Fsp3) is 0.333. The summed E-state index contributed by atoms with van der Waals surface area (Å²) in [6, 6.07) is 15.5. The average molecular weight is 267 g/mol. The fourth-order valence-electron chi connectivity index (χ4n) is 2.68. The van der Waals surface area contributed by atoms with Crippen LogP contribution in [-0.2, 0) is 13.0 Å². The minimum atomic E-state index is 0.487. The molecule has 0 bridgehead atoms. The molecule has 2 aromatic rings. The van der Waals surface area contributed by atoms with Crippen molar-refractivity contribution in [1.29, 1.82) is 0 Å². The summed E-state index contributed by atoms with van der Waals surface area (Å²) in [5, 5.41) is 3.50. The Hall–Kier alpha value is -1.80. The van der Waals surface area contributed by atoms with Crippen molar-refractivity contribution in [1.82, 2.24) is 5.32 Å². The van der Waals surface area contributed by atoms with E-state index in [0.717, 1.165) is 25.3 Å². The number of hydrogen-bond acceptors (Lipinski definition) is 2. The van der Waals surface area contributed by atoms with Gasteiger partial charge in [0.05, 0.1) is 6.61 Å². The Kier molecular flexibility index (Phi) is 3.75. The summed E-state index contributed by atoms with van der Waals surface area (Å²) >= 11 is 0. The van der Waals surface area contributed by atoms with E-state index >= 15 is 0 Å². The monoisotopic (exact) mass is 267 g/mol. The van der Waals surface area contributed by atoms with Crippen LogP contribution in [0.3, 0.4) is 0 Å². The van der Waals surface area contributed by atoms with Crippen molar-refractivity contribution in [3.8, 4) is 16.9 Å². The Labute approximate surface area is 120 Å². The van der Waals surface area contributed by atoms with Gasteiger partial charge in [0.2, 0.25) is 0 Å². The number of fused-ring (bicyclic) bond motifs is 1. The quantitative estimate of drug-likeness (QED) is 0.910. The summed E-state index contributed by atoms with van der Waals surface area (Å²) < 4.78 is 5.84. The maximum absolute atomic E-state index is 5.84. The molecule has 0 aliphatic carbocycles. The van der Waals surface area contributed by atoms with Crippen LogP contribution < -0.4 is 10.1 Å². The molecule has 0 fully saturated rings. The molecule has 2 nitrogen and oxygen atoms in total. The molecule has 1 N–H and O–H groups in total. The van der Waals surface area contributed by atoms with Gasteiger partial charge >= 0.3 is 0 Å². The second-order valence-electron chi connectivity index (χ2n) is 5.59. The first kappa shape index (κ1) is 13.2. The minimum absolute atomic E-state index is 0.487. The molecule has 1 aliphatic rings. The molecule has 0 aromatic heterocycles. The summed E-state index contributed by atoms with van der Waals surface area (Å²) in [4.78, 5) is 0. The van der Waals surface area contributed by atoms with Crippen LogP contribution in [0.4, 0.5) is 0 Å². The van der Waals surface area contributed by atoms with Gasteiger partial charge in [-0.2, -0.15) is 0 Å². The molecular formula is C18H21NO. The van der Waals surface area contributed by atoms with E-state index in [1.807, 2.05) is 0 Å². The van der Waals surface area contributed by atoms with Crippen LogP contribution in [0.15, 0.2) is 42.5 Å². The maximum Gasteiger partial charge on any atom is 0.130 e. The van der Waals surface area contributed by atoms with Crippen molar-refractivity contribution < 1.29 is 4.74 Å². The summed E-state index contributed by atoms with van der Waals surface area (Å²) in [7, 11) is 0. The number of para-hydroxylation sites is 1. The molecule has 0 saturated carbocycles. The minimum Gasteiger partial charge on any atom is -0.492 e. The standard InChI is InChI=1S/C18H21NO/c1-13(2)19-12-15-6-3-4-8-16(15)17-9-5-7-14-10-11-20-18(14)17/h3-9,13,19H,10-12H2,1-2H3. The Balaban J connectivity index is 2.00. The van der Waals surface area contributed by atoms with Crippen molar-refractivity contribution in [2.24, 2.45) is 0 Å². The van der Waals surface area contributed by atoms with Gasteiger partial charge in [-0.3, -0.25) is 0 Å². The largest absolute Gasteiger partial charge is 0.492 e. The molecule has 3 rings (SSSR count). The van der Waals surface area contributed by atoms with Gasteiger partial charge in [0, 0.05) is 24.6 Å². The van der Waals surface area contributed by atoms with Crippen molar-refractivity contribution in [2.75, 3.05) is 6.61 Å².